The molecule has 6 heteroatoms. The van der Waals surface area contributed by atoms with Crippen molar-refractivity contribution in [3.63, 3.8) is 0 Å². The first-order valence-corrected chi connectivity index (χ1v) is 4.65. The second kappa shape index (κ2) is 4.63. The van der Waals surface area contributed by atoms with Crippen LogP contribution in [0.5, 0.6) is 5.88 Å². The predicted octanol–water partition coefficient (Wildman–Crippen LogP) is 2.44. The fraction of sp³-hybridized carbons (Fsp3) is 0.250. The summed E-state index contributed by atoms with van der Waals surface area (Å²) in [5.74, 6) is 0.0790. The number of alkyl halides is 2. The topological polar surface area (TPSA) is 39.2 Å². The van der Waals surface area contributed by atoms with Crippen LogP contribution in [0.3, 0.4) is 0 Å². The molecule has 0 atom stereocenters. The van der Waals surface area contributed by atoms with E-state index < -0.39 is 12.1 Å². The molecule has 0 fully saturated rings. The van der Waals surface area contributed by atoms with Gasteiger partial charge in [-0.3, -0.25) is 4.79 Å². The zero-order valence-electron chi connectivity index (χ0n) is 7.13. The summed E-state index contributed by atoms with van der Waals surface area (Å²) < 4.78 is 30.0. The molecular weight excluding hydrogens is 307 g/mol. The summed E-state index contributed by atoms with van der Waals surface area (Å²) in [4.78, 5) is 14.0. The van der Waals surface area contributed by atoms with Gasteiger partial charge in [-0.1, -0.05) is 0 Å². The van der Waals surface area contributed by atoms with Crippen molar-refractivity contribution >= 4 is 28.9 Å². The lowest BCUT2D eigenvalue weighted by Gasteiger charge is -2.07. The Bertz CT molecular complexity index is 357. The molecule has 3 nitrogen and oxygen atoms in total. The third-order valence-electron chi connectivity index (χ3n) is 1.55. The van der Waals surface area contributed by atoms with E-state index >= 15 is 0 Å². The van der Waals surface area contributed by atoms with Crippen LogP contribution < -0.4 is 4.74 Å². The van der Waals surface area contributed by atoms with Gasteiger partial charge in [0, 0.05) is 9.64 Å². The number of ether oxygens (including phenoxy) is 1. The zero-order chi connectivity index (χ0) is 10.7. The van der Waals surface area contributed by atoms with E-state index in [2.05, 4.69) is 4.98 Å². The number of aldehydes is 1. The molecule has 0 aliphatic heterocycles. The summed E-state index contributed by atoms with van der Waals surface area (Å²) in [6.07, 6.45) is -2.41. The molecule has 1 heterocycles. The van der Waals surface area contributed by atoms with Gasteiger partial charge in [-0.05, 0) is 22.6 Å². The van der Waals surface area contributed by atoms with Crippen molar-refractivity contribution in [1.29, 1.82) is 0 Å². The molecule has 0 radical (unpaired) electrons. The van der Waals surface area contributed by atoms with E-state index in [0.717, 1.165) is 0 Å². The summed E-state index contributed by atoms with van der Waals surface area (Å²) >= 11 is 1.78. The molecule has 1 aromatic heterocycles. The maximum Gasteiger partial charge on any atom is 0.281 e. The number of nitrogens with zero attached hydrogens (tertiary/aromatic N) is 1. The zero-order valence-corrected chi connectivity index (χ0v) is 9.29. The van der Waals surface area contributed by atoms with Crippen molar-refractivity contribution in [2.45, 2.75) is 6.43 Å². The average molecular weight is 313 g/mol. The van der Waals surface area contributed by atoms with Crippen LogP contribution in [0.2, 0.25) is 0 Å². The summed E-state index contributed by atoms with van der Waals surface area (Å²) in [5, 5.41) is 0. The number of pyridine rings is 1. The quantitative estimate of drug-likeness (QED) is 0.635. The number of halogens is 3. The molecule has 14 heavy (non-hydrogen) atoms. The van der Waals surface area contributed by atoms with Crippen LogP contribution in [0, 0.1) is 3.57 Å². The fourth-order valence-corrected chi connectivity index (χ4v) is 1.58. The minimum atomic E-state index is -2.78. The van der Waals surface area contributed by atoms with Crippen LogP contribution in [0.15, 0.2) is 6.07 Å². The number of rotatable bonds is 3. The predicted molar refractivity (Wildman–Crippen MR) is 53.9 cm³/mol. The van der Waals surface area contributed by atoms with Crippen LogP contribution >= 0.6 is 22.6 Å². The highest BCUT2D eigenvalue weighted by Crippen LogP contribution is 2.26. The van der Waals surface area contributed by atoms with Gasteiger partial charge in [0.2, 0.25) is 5.88 Å². The van der Waals surface area contributed by atoms with Gasteiger partial charge >= 0.3 is 0 Å². The second-order valence-electron chi connectivity index (χ2n) is 2.36. The highest BCUT2D eigenvalue weighted by Gasteiger charge is 2.18. The monoisotopic (exact) mass is 313 g/mol. The Hall–Kier alpha value is -0.790. The van der Waals surface area contributed by atoms with Crippen LogP contribution in [-0.4, -0.2) is 18.4 Å². The van der Waals surface area contributed by atoms with Crippen LogP contribution in [0.25, 0.3) is 0 Å². The van der Waals surface area contributed by atoms with Crippen LogP contribution in [0.4, 0.5) is 8.78 Å². The smallest absolute Gasteiger partial charge is 0.281 e. The van der Waals surface area contributed by atoms with Crippen molar-refractivity contribution in [2.24, 2.45) is 0 Å². The number of hydrogen-bond donors (Lipinski definition) is 0. The van der Waals surface area contributed by atoms with Gasteiger partial charge in [0.05, 0.1) is 12.7 Å². The Morgan fingerprint density at radius 1 is 1.64 bits per heavy atom. The molecule has 1 rings (SSSR count). The van der Waals surface area contributed by atoms with Crippen molar-refractivity contribution in [3.8, 4) is 5.88 Å². The average Bonchev–Trinajstić information content (AvgIpc) is 2.16. The molecule has 0 spiro atoms. The van der Waals surface area contributed by atoms with Crippen molar-refractivity contribution in [3.05, 3.63) is 20.9 Å². The number of hydrogen-bond acceptors (Lipinski definition) is 3. The van der Waals surface area contributed by atoms with E-state index in [-0.39, 0.29) is 11.4 Å². The lowest BCUT2D eigenvalue weighted by atomic mass is 10.2. The molecule has 0 bridgehead atoms. The highest BCUT2D eigenvalue weighted by atomic mass is 127. The molecular formula is C8H6F2INO2. The Balaban J connectivity index is 3.35. The molecule has 0 N–H and O–H groups in total. The SMILES string of the molecule is COc1cc(I)c(C=O)c(C(F)F)n1. The number of carbonyl (C=O) groups is 1. The molecule has 0 amide bonds. The third-order valence-corrected chi connectivity index (χ3v) is 2.44. The van der Waals surface area contributed by atoms with Crippen molar-refractivity contribution in [2.75, 3.05) is 7.11 Å². The van der Waals surface area contributed by atoms with E-state index in [1.54, 1.807) is 22.6 Å². The van der Waals surface area contributed by atoms with E-state index in [1.165, 1.54) is 13.2 Å². The summed E-state index contributed by atoms with van der Waals surface area (Å²) in [7, 11) is 1.33. The molecule has 0 aromatic carbocycles. The molecule has 0 saturated carbocycles. The normalized spacial score (nSPS) is 10.4. The van der Waals surface area contributed by atoms with Gasteiger partial charge in [-0.25, -0.2) is 13.8 Å². The van der Waals surface area contributed by atoms with Crippen molar-refractivity contribution < 1.29 is 18.3 Å². The first kappa shape index (κ1) is 11.3. The molecule has 0 unspecified atom stereocenters. The summed E-state index contributed by atoms with van der Waals surface area (Å²) in [6.45, 7) is 0. The Morgan fingerprint density at radius 3 is 2.71 bits per heavy atom. The van der Waals surface area contributed by atoms with E-state index in [4.69, 9.17) is 4.74 Å². The van der Waals surface area contributed by atoms with E-state index in [9.17, 15) is 13.6 Å². The molecule has 0 saturated heterocycles. The van der Waals surface area contributed by atoms with Gasteiger partial charge in [0.15, 0.2) is 6.29 Å². The first-order valence-electron chi connectivity index (χ1n) is 3.58. The standard InChI is InChI=1S/C8H6F2INO2/c1-14-6-2-5(11)4(3-13)7(12-6)8(9)10/h2-3,8H,1H3. The van der Waals surface area contributed by atoms with Gasteiger partial charge in [0.1, 0.15) is 5.69 Å². The molecule has 1 aromatic rings. The molecule has 0 aliphatic rings. The van der Waals surface area contributed by atoms with Gasteiger partial charge in [-0.15, -0.1) is 0 Å². The van der Waals surface area contributed by atoms with Crippen molar-refractivity contribution in [1.82, 2.24) is 4.98 Å². The summed E-state index contributed by atoms with van der Waals surface area (Å²) in [5.41, 5.74) is -0.620. The Morgan fingerprint density at radius 2 is 2.29 bits per heavy atom. The number of carbonyl (C=O) groups excluding carboxylic acids is 1. The summed E-state index contributed by atoms with van der Waals surface area (Å²) in [6, 6.07) is 1.43. The van der Waals surface area contributed by atoms with E-state index in [0.29, 0.717) is 9.86 Å². The van der Waals surface area contributed by atoms with E-state index in [1.807, 2.05) is 0 Å². The van der Waals surface area contributed by atoms with Gasteiger partial charge in [0.25, 0.3) is 6.43 Å². The minimum absolute atomic E-state index is 0.0790. The number of methoxy groups -OCH3 is 1. The fourth-order valence-electron chi connectivity index (χ4n) is 0.907. The molecule has 76 valence electrons. The third kappa shape index (κ3) is 2.17. The van der Waals surface area contributed by atoms with Crippen LogP contribution in [0.1, 0.15) is 22.5 Å². The maximum atomic E-state index is 12.4. The lowest BCUT2D eigenvalue weighted by molar-refractivity contribution is 0.110. The Labute approximate surface area is 92.6 Å². The lowest BCUT2D eigenvalue weighted by Crippen LogP contribution is -2.02. The van der Waals surface area contributed by atoms with Gasteiger partial charge in [-0.2, -0.15) is 0 Å². The minimum Gasteiger partial charge on any atom is -0.481 e. The van der Waals surface area contributed by atoms with Crippen LogP contribution in [-0.2, 0) is 0 Å². The maximum absolute atomic E-state index is 12.4. The Kier molecular flexibility index (Phi) is 3.73. The second-order valence-corrected chi connectivity index (χ2v) is 3.53. The first-order chi connectivity index (χ1) is 6.60. The largest absolute Gasteiger partial charge is 0.481 e. The molecule has 0 aliphatic carbocycles. The highest BCUT2D eigenvalue weighted by molar-refractivity contribution is 14.1. The van der Waals surface area contributed by atoms with Gasteiger partial charge < -0.3 is 4.74 Å². The number of aromatic nitrogens is 1.